The second-order valence-corrected chi connectivity index (χ2v) is 5.99. The van der Waals surface area contributed by atoms with Crippen LogP contribution in [0.3, 0.4) is 0 Å². The number of carbonyl (C=O) groups is 2. The number of anilines is 1. The second-order valence-electron chi connectivity index (χ2n) is 5.99. The van der Waals surface area contributed by atoms with Crippen LogP contribution in [0.2, 0.25) is 0 Å². The van der Waals surface area contributed by atoms with Crippen molar-refractivity contribution in [3.8, 4) is 11.3 Å². The molecule has 0 aliphatic rings. The molecule has 1 aromatic heterocycles. The van der Waals surface area contributed by atoms with E-state index in [1.807, 2.05) is 0 Å². The molecule has 1 heterocycles. The summed E-state index contributed by atoms with van der Waals surface area (Å²) in [7, 11) is 0. The molecule has 24 heavy (non-hydrogen) atoms. The molecule has 1 aromatic carbocycles. The number of esters is 1. The first-order chi connectivity index (χ1) is 11.1. The summed E-state index contributed by atoms with van der Waals surface area (Å²) in [6, 6.07) is 3.66. The summed E-state index contributed by atoms with van der Waals surface area (Å²) in [5.74, 6) is -2.97. The Morgan fingerprint density at radius 3 is 2.50 bits per heavy atom. The molecule has 0 fully saturated rings. The van der Waals surface area contributed by atoms with Crippen molar-refractivity contribution < 1.29 is 23.8 Å². The van der Waals surface area contributed by atoms with Gasteiger partial charge in [0.1, 0.15) is 22.9 Å². The third-order valence-electron chi connectivity index (χ3n) is 2.88. The molecule has 0 spiro atoms. The van der Waals surface area contributed by atoms with Crippen molar-refractivity contribution in [2.24, 2.45) is 0 Å². The Hall–Kier alpha value is -3.03. The van der Waals surface area contributed by atoms with Gasteiger partial charge in [-0.3, -0.25) is 0 Å². The monoisotopic (exact) mass is 333 g/mol. The van der Waals surface area contributed by atoms with Crippen molar-refractivity contribution in [3.05, 3.63) is 41.5 Å². The van der Waals surface area contributed by atoms with Gasteiger partial charge in [-0.1, -0.05) is 6.07 Å². The van der Waals surface area contributed by atoms with E-state index in [9.17, 15) is 14.0 Å². The number of carboxylic acids is 1. The molecule has 0 atom stereocenters. The fourth-order valence-corrected chi connectivity index (χ4v) is 1.87. The number of nitrogen functional groups attached to an aromatic ring is 1. The van der Waals surface area contributed by atoms with Gasteiger partial charge in [0, 0.05) is 5.56 Å². The lowest BCUT2D eigenvalue weighted by Gasteiger charge is -2.19. The van der Waals surface area contributed by atoms with Crippen molar-refractivity contribution in [2.45, 2.75) is 26.4 Å². The number of nitrogens with two attached hydrogens (primary N) is 1. The number of carbonyl (C=O) groups excluding carboxylic acids is 1. The van der Waals surface area contributed by atoms with Crippen molar-refractivity contribution >= 4 is 17.8 Å². The lowest BCUT2D eigenvalue weighted by Crippen LogP contribution is -2.24. The Morgan fingerprint density at radius 2 is 1.96 bits per heavy atom. The first-order valence-corrected chi connectivity index (χ1v) is 6.97. The van der Waals surface area contributed by atoms with Gasteiger partial charge in [0.2, 0.25) is 0 Å². The first kappa shape index (κ1) is 17.3. The Morgan fingerprint density at radius 1 is 1.29 bits per heavy atom. The van der Waals surface area contributed by atoms with E-state index in [1.54, 1.807) is 20.8 Å². The van der Waals surface area contributed by atoms with Crippen LogP contribution < -0.4 is 5.73 Å². The van der Waals surface area contributed by atoms with Gasteiger partial charge in [-0.15, -0.1) is 0 Å². The zero-order valence-corrected chi connectivity index (χ0v) is 13.3. The predicted molar refractivity (Wildman–Crippen MR) is 84.0 cm³/mol. The van der Waals surface area contributed by atoms with Gasteiger partial charge in [0.05, 0.1) is 11.8 Å². The number of nitrogens with zero attached hydrogens (tertiary/aromatic N) is 2. The van der Waals surface area contributed by atoms with Crippen LogP contribution in [0.25, 0.3) is 11.3 Å². The van der Waals surface area contributed by atoms with E-state index in [-0.39, 0.29) is 28.3 Å². The summed E-state index contributed by atoms with van der Waals surface area (Å²) >= 11 is 0. The van der Waals surface area contributed by atoms with Crippen molar-refractivity contribution in [3.63, 3.8) is 0 Å². The number of hydrogen-bond donors (Lipinski definition) is 2. The molecule has 0 amide bonds. The van der Waals surface area contributed by atoms with E-state index in [0.717, 1.165) is 12.3 Å². The van der Waals surface area contributed by atoms with Crippen molar-refractivity contribution in [1.29, 1.82) is 0 Å². The molecule has 7 nitrogen and oxygen atoms in total. The molecular formula is C16H16FN3O4. The number of aromatic nitrogens is 2. The Balaban J connectivity index is 2.42. The molecule has 8 heteroatoms. The SMILES string of the molecule is CC(C)(C)OC(=O)c1ccc(-c2nc(C(=O)O)cnc2N)cc1F. The van der Waals surface area contributed by atoms with Crippen LogP contribution in [0.5, 0.6) is 0 Å². The number of carboxylic acid groups (broad SMARTS) is 1. The van der Waals surface area contributed by atoms with Crippen molar-refractivity contribution in [1.82, 2.24) is 9.97 Å². The highest BCUT2D eigenvalue weighted by molar-refractivity contribution is 5.91. The molecule has 3 N–H and O–H groups in total. The molecule has 0 bridgehead atoms. The summed E-state index contributed by atoms with van der Waals surface area (Å²) in [5.41, 5.74) is 4.57. The minimum absolute atomic E-state index is 0.0181. The molecule has 0 radical (unpaired) electrons. The number of aromatic carboxylic acids is 1. The van der Waals surface area contributed by atoms with Crippen LogP contribution in [-0.2, 0) is 4.74 Å². The summed E-state index contributed by atoms with van der Waals surface area (Å²) in [5, 5.41) is 8.95. The number of hydrogen-bond acceptors (Lipinski definition) is 6. The quantitative estimate of drug-likeness (QED) is 0.829. The van der Waals surface area contributed by atoms with Crippen molar-refractivity contribution in [2.75, 3.05) is 5.73 Å². The minimum Gasteiger partial charge on any atom is -0.476 e. The topological polar surface area (TPSA) is 115 Å². The van der Waals surface area contributed by atoms with E-state index < -0.39 is 23.4 Å². The van der Waals surface area contributed by atoms with Crippen LogP contribution in [0.15, 0.2) is 24.4 Å². The molecular weight excluding hydrogens is 317 g/mol. The maximum atomic E-state index is 14.2. The molecule has 0 saturated heterocycles. The first-order valence-electron chi connectivity index (χ1n) is 6.97. The van der Waals surface area contributed by atoms with Gasteiger partial charge in [-0.2, -0.15) is 0 Å². The minimum atomic E-state index is -1.28. The van der Waals surface area contributed by atoms with E-state index in [0.29, 0.717) is 0 Å². The van der Waals surface area contributed by atoms with Gasteiger partial charge >= 0.3 is 11.9 Å². The van der Waals surface area contributed by atoms with Crippen LogP contribution in [-0.4, -0.2) is 32.6 Å². The van der Waals surface area contributed by atoms with Gasteiger partial charge < -0.3 is 15.6 Å². The Bertz CT molecular complexity index is 815. The van der Waals surface area contributed by atoms with E-state index in [4.69, 9.17) is 15.6 Å². The zero-order valence-electron chi connectivity index (χ0n) is 13.3. The summed E-state index contributed by atoms with van der Waals surface area (Å²) < 4.78 is 19.4. The van der Waals surface area contributed by atoms with Crippen LogP contribution in [0.4, 0.5) is 10.2 Å². The standard InChI is InChI=1S/C16H16FN3O4/c1-16(2,3)24-15(23)9-5-4-8(6-10(9)17)12-13(18)19-7-11(20-12)14(21)22/h4-7H,1-3H3,(H2,18,19)(H,21,22). The summed E-state index contributed by atoms with van der Waals surface area (Å²) in [6.07, 6.45) is 1.01. The average Bonchev–Trinajstić information content (AvgIpc) is 2.45. The normalized spacial score (nSPS) is 11.2. The average molecular weight is 333 g/mol. The smallest absolute Gasteiger partial charge is 0.356 e. The van der Waals surface area contributed by atoms with Crippen LogP contribution in [0.1, 0.15) is 41.6 Å². The maximum absolute atomic E-state index is 14.2. The molecule has 0 aliphatic heterocycles. The lowest BCUT2D eigenvalue weighted by molar-refractivity contribution is 0.00645. The van der Waals surface area contributed by atoms with E-state index >= 15 is 0 Å². The summed E-state index contributed by atoms with van der Waals surface area (Å²) in [4.78, 5) is 30.5. The van der Waals surface area contributed by atoms with E-state index in [2.05, 4.69) is 9.97 Å². The van der Waals surface area contributed by atoms with Gasteiger partial charge in [0.15, 0.2) is 5.69 Å². The third kappa shape index (κ3) is 3.83. The largest absolute Gasteiger partial charge is 0.476 e. The fraction of sp³-hybridized carbons (Fsp3) is 0.250. The molecule has 2 rings (SSSR count). The number of halogens is 1. The molecule has 2 aromatic rings. The molecule has 126 valence electrons. The Labute approximate surface area is 137 Å². The zero-order chi connectivity index (χ0) is 18.1. The highest BCUT2D eigenvalue weighted by atomic mass is 19.1. The Kier molecular flexibility index (Phi) is 4.50. The number of rotatable bonds is 3. The van der Waals surface area contributed by atoms with Crippen LogP contribution in [0, 0.1) is 5.82 Å². The maximum Gasteiger partial charge on any atom is 0.356 e. The number of benzene rings is 1. The second kappa shape index (κ2) is 6.23. The molecule has 0 saturated carbocycles. The van der Waals surface area contributed by atoms with Gasteiger partial charge in [0.25, 0.3) is 0 Å². The molecule has 0 aliphatic carbocycles. The predicted octanol–water partition coefficient (Wildman–Crippen LogP) is 2.52. The van der Waals surface area contributed by atoms with Gasteiger partial charge in [-0.25, -0.2) is 23.9 Å². The third-order valence-corrected chi connectivity index (χ3v) is 2.88. The van der Waals surface area contributed by atoms with Crippen LogP contribution >= 0.6 is 0 Å². The molecule has 0 unspecified atom stereocenters. The van der Waals surface area contributed by atoms with Gasteiger partial charge in [-0.05, 0) is 32.9 Å². The fourth-order valence-electron chi connectivity index (χ4n) is 1.87. The summed E-state index contributed by atoms with van der Waals surface area (Å²) in [6.45, 7) is 5.01. The van der Waals surface area contributed by atoms with E-state index in [1.165, 1.54) is 12.1 Å². The lowest BCUT2D eigenvalue weighted by atomic mass is 10.1. The number of ether oxygens (including phenoxy) is 1. The highest BCUT2D eigenvalue weighted by Crippen LogP contribution is 2.25. The highest BCUT2D eigenvalue weighted by Gasteiger charge is 2.21.